The summed E-state index contributed by atoms with van der Waals surface area (Å²) in [5, 5.41) is 10.4. The van der Waals surface area contributed by atoms with Gasteiger partial charge in [-0.1, -0.05) is 24.3 Å². The molecule has 11 nitrogen and oxygen atoms in total. The zero-order chi connectivity index (χ0) is 27.2. The third kappa shape index (κ3) is 5.61. The van der Waals surface area contributed by atoms with Crippen LogP contribution < -0.4 is 25.5 Å². The van der Waals surface area contributed by atoms with Gasteiger partial charge in [0.2, 0.25) is 0 Å². The minimum Gasteiger partial charge on any atom is -0.493 e. The predicted octanol–water partition coefficient (Wildman–Crippen LogP) is 3.21. The summed E-state index contributed by atoms with van der Waals surface area (Å²) in [7, 11) is 1.45. The van der Waals surface area contributed by atoms with Crippen LogP contribution in [0.25, 0.3) is 10.9 Å². The van der Waals surface area contributed by atoms with Crippen molar-refractivity contribution in [2.75, 3.05) is 20.3 Å². The summed E-state index contributed by atoms with van der Waals surface area (Å²) in [6.07, 6.45) is 1.59. The molecule has 0 bridgehead atoms. The molecule has 0 radical (unpaired) electrons. The summed E-state index contributed by atoms with van der Waals surface area (Å²) in [5.74, 6) is -0.371. The van der Waals surface area contributed by atoms with Crippen molar-refractivity contribution >= 4 is 35.0 Å². The molecule has 1 aromatic heterocycles. The lowest BCUT2D eigenvalue weighted by atomic mass is 9.95. The van der Waals surface area contributed by atoms with Crippen molar-refractivity contribution in [3.05, 3.63) is 70.6 Å². The van der Waals surface area contributed by atoms with Gasteiger partial charge in [0.15, 0.2) is 18.1 Å². The van der Waals surface area contributed by atoms with Crippen LogP contribution in [0.2, 0.25) is 0 Å². The lowest BCUT2D eigenvalue weighted by molar-refractivity contribution is -0.139. The van der Waals surface area contributed by atoms with E-state index in [0.29, 0.717) is 22.8 Å². The van der Waals surface area contributed by atoms with Crippen LogP contribution in [0.5, 0.6) is 11.5 Å². The number of allylic oxidation sites excluding steroid dienone is 1. The zero-order valence-electron chi connectivity index (χ0n) is 21.5. The fourth-order valence-corrected chi connectivity index (χ4v) is 4.22. The molecule has 3 amide bonds. The van der Waals surface area contributed by atoms with Gasteiger partial charge in [0.25, 0.3) is 5.91 Å². The molecule has 1 atom stereocenters. The molecule has 0 unspecified atom stereocenters. The molecule has 2 heterocycles. The van der Waals surface area contributed by atoms with Crippen LogP contribution in [0.1, 0.15) is 36.7 Å². The second-order valence-electron chi connectivity index (χ2n) is 8.49. The first kappa shape index (κ1) is 26.3. The number of rotatable bonds is 9. The Morgan fingerprint density at radius 2 is 1.92 bits per heavy atom. The molecule has 0 spiro atoms. The molecule has 0 saturated heterocycles. The Kier molecular flexibility index (Phi) is 7.95. The van der Waals surface area contributed by atoms with Crippen molar-refractivity contribution in [1.29, 1.82) is 0 Å². The number of hydrazone groups is 1. The number of aromatic amines is 1. The van der Waals surface area contributed by atoms with E-state index >= 15 is 0 Å². The van der Waals surface area contributed by atoms with Crippen LogP contribution in [0.4, 0.5) is 4.79 Å². The van der Waals surface area contributed by atoms with Crippen LogP contribution in [0, 0.1) is 6.92 Å². The van der Waals surface area contributed by atoms with Gasteiger partial charge in [-0.3, -0.25) is 4.79 Å². The Morgan fingerprint density at radius 1 is 1.13 bits per heavy atom. The van der Waals surface area contributed by atoms with E-state index in [1.807, 2.05) is 31.2 Å². The van der Waals surface area contributed by atoms with Crippen LogP contribution in [-0.2, 0) is 14.3 Å². The summed E-state index contributed by atoms with van der Waals surface area (Å²) >= 11 is 0. The highest BCUT2D eigenvalue weighted by Crippen LogP contribution is 2.34. The van der Waals surface area contributed by atoms with Crippen molar-refractivity contribution in [1.82, 2.24) is 21.0 Å². The van der Waals surface area contributed by atoms with Crippen LogP contribution in [0.3, 0.4) is 0 Å². The van der Waals surface area contributed by atoms with Crippen molar-refractivity contribution < 1.29 is 28.6 Å². The van der Waals surface area contributed by atoms with Gasteiger partial charge in [-0.05, 0) is 44.5 Å². The maximum atomic E-state index is 12.6. The number of hydrogen-bond acceptors (Lipinski definition) is 7. The summed E-state index contributed by atoms with van der Waals surface area (Å²) < 4.78 is 16.3. The SMILES string of the molecule is CCOC(=O)C1=C(C)NC(=O)N[C@@H]1c1ccc(OCC(=O)N/N=C\c2c(C)[nH]c3ccccc23)c(OC)c1. The first-order valence-electron chi connectivity index (χ1n) is 12.0. The van der Waals surface area contributed by atoms with Crippen LogP contribution in [-0.4, -0.2) is 49.4 Å². The number of H-pyrrole nitrogens is 1. The number of urea groups is 1. The summed E-state index contributed by atoms with van der Waals surface area (Å²) in [4.78, 5) is 40.3. The van der Waals surface area contributed by atoms with Crippen LogP contribution >= 0.6 is 0 Å². The molecule has 0 fully saturated rings. The average Bonchev–Trinajstić information content (AvgIpc) is 3.21. The second-order valence-corrected chi connectivity index (χ2v) is 8.49. The number of amides is 3. The molecule has 1 aliphatic heterocycles. The zero-order valence-corrected chi connectivity index (χ0v) is 21.5. The number of nitrogens with one attached hydrogen (secondary N) is 4. The molecule has 2 aromatic carbocycles. The fourth-order valence-electron chi connectivity index (χ4n) is 4.22. The van der Waals surface area contributed by atoms with Gasteiger partial charge in [-0.25, -0.2) is 15.0 Å². The van der Waals surface area contributed by atoms with Gasteiger partial charge in [0, 0.05) is 27.9 Å². The van der Waals surface area contributed by atoms with Crippen LogP contribution in [0.15, 0.2) is 58.8 Å². The topological polar surface area (TPSA) is 143 Å². The predicted molar refractivity (Wildman–Crippen MR) is 141 cm³/mol. The third-order valence-electron chi connectivity index (χ3n) is 5.97. The summed E-state index contributed by atoms with van der Waals surface area (Å²) in [5.41, 5.74) is 6.53. The van der Waals surface area contributed by atoms with Gasteiger partial charge in [0.1, 0.15) is 0 Å². The number of para-hydroxylation sites is 1. The molecule has 1 aliphatic rings. The first-order chi connectivity index (χ1) is 18.3. The monoisotopic (exact) mass is 519 g/mol. The Hall–Kier alpha value is -4.80. The summed E-state index contributed by atoms with van der Waals surface area (Å²) in [6, 6.07) is 11.5. The number of aryl methyl sites for hydroxylation is 1. The number of hydrogen-bond donors (Lipinski definition) is 4. The van der Waals surface area contributed by atoms with E-state index in [9.17, 15) is 14.4 Å². The van der Waals surface area contributed by atoms with Gasteiger partial charge >= 0.3 is 12.0 Å². The molecule has 11 heteroatoms. The normalized spacial score (nSPS) is 15.3. The van der Waals surface area contributed by atoms with Crippen molar-refractivity contribution in [3.8, 4) is 11.5 Å². The van der Waals surface area contributed by atoms with Gasteiger partial charge < -0.3 is 29.8 Å². The standard InChI is InChI=1S/C27H29N5O6/c1-5-37-26(34)24-16(3)30-27(35)31-25(24)17-10-11-21(22(12-17)36-4)38-14-23(33)32-28-13-19-15(2)29-20-9-7-6-8-18(19)20/h6-13,25,29H,5,14H2,1-4H3,(H,32,33)(H2,30,31,35)/b28-13-/t25-/m1/s1. The van der Waals surface area contributed by atoms with Crippen molar-refractivity contribution in [2.45, 2.75) is 26.8 Å². The molecule has 198 valence electrons. The maximum Gasteiger partial charge on any atom is 0.338 e. The average molecular weight is 520 g/mol. The summed E-state index contributed by atoms with van der Waals surface area (Å²) in [6.45, 7) is 5.16. The lowest BCUT2D eigenvalue weighted by Crippen LogP contribution is -2.45. The second kappa shape index (κ2) is 11.5. The number of fused-ring (bicyclic) bond motifs is 1. The smallest absolute Gasteiger partial charge is 0.338 e. The molecule has 0 aliphatic carbocycles. The lowest BCUT2D eigenvalue weighted by Gasteiger charge is -2.28. The quantitative estimate of drug-likeness (QED) is 0.194. The number of nitrogens with zero attached hydrogens (tertiary/aromatic N) is 1. The molecule has 4 rings (SSSR count). The molecule has 38 heavy (non-hydrogen) atoms. The van der Waals surface area contributed by atoms with Crippen molar-refractivity contribution in [3.63, 3.8) is 0 Å². The minimum atomic E-state index is -0.753. The van der Waals surface area contributed by atoms with Gasteiger partial charge in [0.05, 0.1) is 31.5 Å². The molecule has 0 saturated carbocycles. The minimum absolute atomic E-state index is 0.194. The number of benzene rings is 2. The fraction of sp³-hybridized carbons (Fsp3) is 0.259. The van der Waals surface area contributed by atoms with E-state index in [0.717, 1.165) is 22.2 Å². The molecular weight excluding hydrogens is 490 g/mol. The molecule has 4 N–H and O–H groups in total. The van der Waals surface area contributed by atoms with E-state index in [4.69, 9.17) is 14.2 Å². The van der Waals surface area contributed by atoms with E-state index in [1.54, 1.807) is 38.3 Å². The number of ether oxygens (including phenoxy) is 3. The molecular formula is C27H29N5O6. The maximum absolute atomic E-state index is 12.6. The van der Waals surface area contributed by atoms with E-state index < -0.39 is 23.9 Å². The Balaban J connectivity index is 1.44. The first-order valence-corrected chi connectivity index (χ1v) is 12.0. The molecule has 3 aromatic rings. The number of carbonyl (C=O) groups is 3. The highest BCUT2D eigenvalue weighted by molar-refractivity contribution is 6.01. The number of carbonyl (C=O) groups excluding carboxylic acids is 3. The Bertz CT molecular complexity index is 1440. The highest BCUT2D eigenvalue weighted by atomic mass is 16.5. The van der Waals surface area contributed by atoms with Gasteiger partial charge in [-0.15, -0.1) is 0 Å². The van der Waals surface area contributed by atoms with Gasteiger partial charge in [-0.2, -0.15) is 5.10 Å². The van der Waals surface area contributed by atoms with E-state index in [1.165, 1.54) is 7.11 Å². The van der Waals surface area contributed by atoms with E-state index in [-0.39, 0.29) is 18.8 Å². The van der Waals surface area contributed by atoms with E-state index in [2.05, 4.69) is 26.1 Å². The number of methoxy groups -OCH3 is 1. The number of esters is 1. The van der Waals surface area contributed by atoms with Crippen molar-refractivity contribution in [2.24, 2.45) is 5.10 Å². The Labute approximate surface area is 219 Å². The largest absolute Gasteiger partial charge is 0.493 e. The Morgan fingerprint density at radius 3 is 2.68 bits per heavy atom. The highest BCUT2D eigenvalue weighted by Gasteiger charge is 2.32. The number of aromatic nitrogens is 1. The third-order valence-corrected chi connectivity index (χ3v) is 5.97.